The minimum Gasteiger partial charge on any atom is -0.493 e. The van der Waals surface area contributed by atoms with Crippen LogP contribution in [0.15, 0.2) is 42.6 Å². The first kappa shape index (κ1) is 17.2. The molecular formula is C18H19ClN4O2. The number of amides is 1. The Morgan fingerprint density at radius 2 is 2.16 bits per heavy atom. The molecule has 0 atom stereocenters. The topological polar surface area (TPSA) is 68.5 Å². The molecule has 0 bridgehead atoms. The van der Waals surface area contributed by atoms with Crippen molar-refractivity contribution < 1.29 is 9.53 Å². The van der Waals surface area contributed by atoms with Crippen LogP contribution in [0.2, 0.25) is 5.02 Å². The van der Waals surface area contributed by atoms with Crippen molar-refractivity contribution in [3.05, 3.63) is 59.0 Å². The molecule has 2 aromatic heterocycles. The fourth-order valence-corrected chi connectivity index (χ4v) is 2.69. The van der Waals surface area contributed by atoms with Crippen molar-refractivity contribution in [2.45, 2.75) is 26.3 Å². The molecule has 0 saturated heterocycles. The largest absolute Gasteiger partial charge is 0.493 e. The molecule has 6 nitrogen and oxygen atoms in total. The van der Waals surface area contributed by atoms with E-state index in [9.17, 15) is 4.79 Å². The average molecular weight is 359 g/mol. The molecule has 1 amide bonds. The monoisotopic (exact) mass is 358 g/mol. The summed E-state index contributed by atoms with van der Waals surface area (Å²) < 4.78 is 7.54. The normalized spacial score (nSPS) is 10.8. The number of hydrogen-bond acceptors (Lipinski definition) is 4. The first-order chi connectivity index (χ1) is 12.1. The van der Waals surface area contributed by atoms with Gasteiger partial charge in [-0.2, -0.15) is 0 Å². The second-order valence-corrected chi connectivity index (χ2v) is 6.12. The highest BCUT2D eigenvalue weighted by Crippen LogP contribution is 2.21. The summed E-state index contributed by atoms with van der Waals surface area (Å²) in [5.74, 6) is 1.46. The van der Waals surface area contributed by atoms with Gasteiger partial charge in [0, 0.05) is 17.6 Å². The maximum atomic E-state index is 12.0. The van der Waals surface area contributed by atoms with E-state index in [0.717, 1.165) is 17.0 Å². The molecule has 130 valence electrons. The number of pyridine rings is 1. The van der Waals surface area contributed by atoms with Crippen LogP contribution in [0.3, 0.4) is 0 Å². The van der Waals surface area contributed by atoms with Gasteiger partial charge in [0.1, 0.15) is 5.75 Å². The van der Waals surface area contributed by atoms with Gasteiger partial charge in [0.05, 0.1) is 13.2 Å². The molecule has 7 heteroatoms. The summed E-state index contributed by atoms with van der Waals surface area (Å²) in [6.07, 6.45) is 2.90. The Kier molecular flexibility index (Phi) is 5.50. The maximum Gasteiger partial charge on any atom is 0.220 e. The Hall–Kier alpha value is -2.60. The Morgan fingerprint density at radius 1 is 1.28 bits per heavy atom. The molecule has 0 radical (unpaired) electrons. The van der Waals surface area contributed by atoms with E-state index in [4.69, 9.17) is 16.3 Å². The van der Waals surface area contributed by atoms with Crippen molar-refractivity contribution in [1.29, 1.82) is 0 Å². The van der Waals surface area contributed by atoms with E-state index in [-0.39, 0.29) is 5.91 Å². The van der Waals surface area contributed by atoms with Crippen LogP contribution in [0.25, 0.3) is 5.65 Å². The number of nitrogens with one attached hydrogen (secondary N) is 1. The standard InChI is InChI=1S/C18H19ClN4O2/c1-13-11-14(19)7-8-15(13)25-10-4-6-18(24)20-12-17-22-21-16-5-2-3-9-23(16)17/h2-3,5,7-9,11H,4,6,10,12H2,1H3,(H,20,24). The molecule has 3 aromatic rings. The van der Waals surface area contributed by atoms with Crippen LogP contribution < -0.4 is 10.1 Å². The van der Waals surface area contributed by atoms with E-state index in [1.54, 1.807) is 6.07 Å². The number of nitrogens with zero attached hydrogens (tertiary/aromatic N) is 3. The van der Waals surface area contributed by atoms with E-state index >= 15 is 0 Å². The lowest BCUT2D eigenvalue weighted by Gasteiger charge is -2.09. The number of carbonyl (C=O) groups is 1. The van der Waals surface area contributed by atoms with Crippen molar-refractivity contribution in [2.24, 2.45) is 0 Å². The van der Waals surface area contributed by atoms with Gasteiger partial charge in [-0.25, -0.2) is 0 Å². The Labute approximate surface area is 150 Å². The quantitative estimate of drug-likeness (QED) is 0.659. The molecule has 0 aliphatic carbocycles. The number of aromatic nitrogens is 3. The highest BCUT2D eigenvalue weighted by Gasteiger charge is 2.07. The third-order valence-corrected chi connectivity index (χ3v) is 4.01. The van der Waals surface area contributed by atoms with Crippen LogP contribution in [0, 0.1) is 6.92 Å². The van der Waals surface area contributed by atoms with Crippen LogP contribution in [0.1, 0.15) is 24.2 Å². The zero-order valence-electron chi connectivity index (χ0n) is 13.9. The summed E-state index contributed by atoms with van der Waals surface area (Å²) in [4.78, 5) is 12.0. The van der Waals surface area contributed by atoms with E-state index in [1.165, 1.54) is 0 Å². The molecule has 0 aliphatic heterocycles. The van der Waals surface area contributed by atoms with Crippen molar-refractivity contribution in [3.8, 4) is 5.75 Å². The smallest absolute Gasteiger partial charge is 0.220 e. The minimum atomic E-state index is -0.0379. The van der Waals surface area contributed by atoms with Gasteiger partial charge in [0.15, 0.2) is 11.5 Å². The molecule has 0 aliphatic rings. The lowest BCUT2D eigenvalue weighted by Crippen LogP contribution is -2.24. The lowest BCUT2D eigenvalue weighted by molar-refractivity contribution is -0.121. The maximum absolute atomic E-state index is 12.0. The Balaban J connectivity index is 1.41. The van der Waals surface area contributed by atoms with Crippen LogP contribution in [-0.4, -0.2) is 27.1 Å². The van der Waals surface area contributed by atoms with Crippen molar-refractivity contribution in [1.82, 2.24) is 19.9 Å². The molecular weight excluding hydrogens is 340 g/mol. The molecule has 1 N–H and O–H groups in total. The van der Waals surface area contributed by atoms with E-state index < -0.39 is 0 Å². The van der Waals surface area contributed by atoms with Crippen molar-refractivity contribution in [2.75, 3.05) is 6.61 Å². The molecule has 0 spiro atoms. The first-order valence-electron chi connectivity index (χ1n) is 8.08. The molecule has 2 heterocycles. The van der Waals surface area contributed by atoms with Gasteiger partial charge in [-0.15, -0.1) is 10.2 Å². The van der Waals surface area contributed by atoms with Crippen molar-refractivity contribution in [3.63, 3.8) is 0 Å². The van der Waals surface area contributed by atoms with Gasteiger partial charge in [0.25, 0.3) is 0 Å². The number of halogens is 1. The third kappa shape index (κ3) is 4.48. The molecule has 1 aromatic carbocycles. The van der Waals surface area contributed by atoms with Gasteiger partial charge in [0.2, 0.25) is 5.91 Å². The number of benzene rings is 1. The Morgan fingerprint density at radius 3 is 3.00 bits per heavy atom. The van der Waals surface area contributed by atoms with Crippen LogP contribution in [-0.2, 0) is 11.3 Å². The Bertz CT molecular complexity index is 878. The van der Waals surface area contributed by atoms with Gasteiger partial charge >= 0.3 is 0 Å². The fraction of sp³-hybridized carbons (Fsp3) is 0.278. The summed E-state index contributed by atoms with van der Waals surface area (Å²) in [5.41, 5.74) is 1.74. The number of carbonyl (C=O) groups excluding carboxylic acids is 1. The number of aryl methyl sites for hydroxylation is 1. The number of hydrogen-bond donors (Lipinski definition) is 1. The summed E-state index contributed by atoms with van der Waals surface area (Å²) in [6.45, 7) is 2.77. The highest BCUT2D eigenvalue weighted by molar-refractivity contribution is 6.30. The first-order valence-corrected chi connectivity index (χ1v) is 8.45. The molecule has 0 fully saturated rings. The van der Waals surface area contributed by atoms with E-state index in [1.807, 2.05) is 47.9 Å². The van der Waals surface area contributed by atoms with E-state index in [0.29, 0.717) is 36.8 Å². The van der Waals surface area contributed by atoms with Crippen LogP contribution >= 0.6 is 11.6 Å². The minimum absolute atomic E-state index is 0.0379. The van der Waals surface area contributed by atoms with E-state index in [2.05, 4.69) is 15.5 Å². The third-order valence-electron chi connectivity index (χ3n) is 3.77. The molecule has 0 saturated carbocycles. The second-order valence-electron chi connectivity index (χ2n) is 5.68. The van der Waals surface area contributed by atoms with Gasteiger partial charge < -0.3 is 10.1 Å². The van der Waals surface area contributed by atoms with Gasteiger partial charge in [-0.3, -0.25) is 9.20 Å². The summed E-state index contributed by atoms with van der Waals surface area (Å²) in [6, 6.07) is 11.2. The van der Waals surface area contributed by atoms with Gasteiger partial charge in [-0.1, -0.05) is 17.7 Å². The van der Waals surface area contributed by atoms with Crippen LogP contribution in [0.4, 0.5) is 0 Å². The summed E-state index contributed by atoms with van der Waals surface area (Å²) >= 11 is 5.91. The summed E-state index contributed by atoms with van der Waals surface area (Å²) in [5, 5.41) is 11.7. The summed E-state index contributed by atoms with van der Waals surface area (Å²) in [7, 11) is 0. The SMILES string of the molecule is Cc1cc(Cl)ccc1OCCCC(=O)NCc1nnc2ccccn12. The average Bonchev–Trinajstić information content (AvgIpc) is 3.01. The van der Waals surface area contributed by atoms with Crippen molar-refractivity contribution >= 4 is 23.2 Å². The molecule has 3 rings (SSSR count). The fourth-order valence-electron chi connectivity index (χ4n) is 2.47. The van der Waals surface area contributed by atoms with Gasteiger partial charge in [-0.05, 0) is 49.2 Å². The number of ether oxygens (including phenoxy) is 1. The van der Waals surface area contributed by atoms with Crippen LogP contribution in [0.5, 0.6) is 5.75 Å². The lowest BCUT2D eigenvalue weighted by atomic mass is 10.2. The number of fused-ring (bicyclic) bond motifs is 1. The zero-order valence-corrected chi connectivity index (χ0v) is 14.7. The predicted octanol–water partition coefficient (Wildman–Crippen LogP) is 3.17. The number of rotatable bonds is 7. The highest BCUT2D eigenvalue weighted by atomic mass is 35.5. The molecule has 0 unspecified atom stereocenters. The predicted molar refractivity (Wildman–Crippen MR) is 95.8 cm³/mol. The molecule has 25 heavy (non-hydrogen) atoms. The zero-order chi connectivity index (χ0) is 17.6. The second kappa shape index (κ2) is 7.98.